The molecule has 2 amide bonds. The zero-order valence-corrected chi connectivity index (χ0v) is 19.8. The van der Waals surface area contributed by atoms with Gasteiger partial charge >= 0.3 is 5.97 Å². The lowest BCUT2D eigenvalue weighted by Gasteiger charge is -2.22. The first-order valence-electron chi connectivity index (χ1n) is 10.8. The number of hydrogen-bond donors (Lipinski definition) is 1. The molecule has 6 nitrogen and oxygen atoms in total. The van der Waals surface area contributed by atoms with Gasteiger partial charge in [-0.15, -0.1) is 11.8 Å². The van der Waals surface area contributed by atoms with E-state index in [4.69, 9.17) is 4.74 Å². The number of nitrogens with one attached hydrogen (secondary N) is 1. The van der Waals surface area contributed by atoms with Crippen LogP contribution >= 0.6 is 11.8 Å². The summed E-state index contributed by atoms with van der Waals surface area (Å²) < 4.78 is 5.14. The number of amides is 2. The number of benzene rings is 2. The summed E-state index contributed by atoms with van der Waals surface area (Å²) in [6, 6.07) is 15.0. The molecule has 0 spiro atoms. The monoisotopic (exact) mass is 454 g/mol. The molecule has 2 aromatic rings. The van der Waals surface area contributed by atoms with Gasteiger partial charge in [0.2, 0.25) is 0 Å². The average Bonchev–Trinajstić information content (AvgIpc) is 2.93. The van der Waals surface area contributed by atoms with Crippen molar-refractivity contribution in [2.75, 3.05) is 24.6 Å². The lowest BCUT2D eigenvalue weighted by Crippen LogP contribution is -2.37. The fourth-order valence-electron chi connectivity index (χ4n) is 3.39. The largest absolute Gasteiger partial charge is 0.454 e. The molecule has 2 aromatic carbocycles. The molecule has 0 aromatic heterocycles. The SMILES string of the molecule is C[C@@H]1CCN(C(=O)COC(=O)CNC(=O)c2ccc(C(C)(C)C)cc2)c2ccccc2S1. The van der Waals surface area contributed by atoms with E-state index in [1.54, 1.807) is 28.8 Å². The first-order chi connectivity index (χ1) is 15.1. The van der Waals surface area contributed by atoms with Crippen LogP contribution in [0.1, 0.15) is 50.0 Å². The van der Waals surface area contributed by atoms with E-state index in [0.29, 0.717) is 17.4 Å². The van der Waals surface area contributed by atoms with E-state index in [0.717, 1.165) is 22.6 Å². The van der Waals surface area contributed by atoms with Crippen molar-refractivity contribution >= 4 is 35.2 Å². The molecule has 0 aliphatic carbocycles. The van der Waals surface area contributed by atoms with Crippen LogP contribution < -0.4 is 10.2 Å². The van der Waals surface area contributed by atoms with Gasteiger partial charge in [0.05, 0.1) is 5.69 Å². The molecule has 7 heteroatoms. The topological polar surface area (TPSA) is 75.7 Å². The van der Waals surface area contributed by atoms with Gasteiger partial charge in [0.1, 0.15) is 6.54 Å². The third-order valence-corrected chi connectivity index (χ3v) is 6.54. The molecular weight excluding hydrogens is 424 g/mol. The number of rotatable bonds is 5. The highest BCUT2D eigenvalue weighted by atomic mass is 32.2. The smallest absolute Gasteiger partial charge is 0.325 e. The molecular formula is C25H30N2O4S. The van der Waals surface area contributed by atoms with Crippen molar-refractivity contribution in [1.82, 2.24) is 5.32 Å². The van der Waals surface area contributed by atoms with E-state index in [1.807, 2.05) is 36.4 Å². The van der Waals surface area contributed by atoms with Crippen molar-refractivity contribution in [3.05, 3.63) is 59.7 Å². The molecule has 0 radical (unpaired) electrons. The number of ether oxygens (including phenoxy) is 1. The van der Waals surface area contributed by atoms with Crippen LogP contribution in [0.5, 0.6) is 0 Å². The van der Waals surface area contributed by atoms with E-state index in [9.17, 15) is 14.4 Å². The van der Waals surface area contributed by atoms with Crippen molar-refractivity contribution in [1.29, 1.82) is 0 Å². The van der Waals surface area contributed by atoms with E-state index >= 15 is 0 Å². The molecule has 0 fully saturated rings. The lowest BCUT2D eigenvalue weighted by atomic mass is 9.87. The molecule has 0 saturated heterocycles. The molecule has 1 aliphatic heterocycles. The summed E-state index contributed by atoms with van der Waals surface area (Å²) in [4.78, 5) is 39.9. The third-order valence-electron chi connectivity index (χ3n) is 5.31. The number of fused-ring (bicyclic) bond motifs is 1. The summed E-state index contributed by atoms with van der Waals surface area (Å²) >= 11 is 1.74. The maximum atomic E-state index is 12.7. The fourth-order valence-corrected chi connectivity index (χ4v) is 4.51. The van der Waals surface area contributed by atoms with Crippen LogP contribution in [0.4, 0.5) is 5.69 Å². The highest BCUT2D eigenvalue weighted by molar-refractivity contribution is 8.00. The molecule has 0 saturated carbocycles. The minimum Gasteiger partial charge on any atom is -0.454 e. The van der Waals surface area contributed by atoms with Crippen molar-refractivity contribution in [3.63, 3.8) is 0 Å². The minimum absolute atomic E-state index is 0.00400. The van der Waals surface area contributed by atoms with Gasteiger partial charge in [-0.1, -0.05) is 52.0 Å². The van der Waals surface area contributed by atoms with Crippen LogP contribution in [0.2, 0.25) is 0 Å². The Bertz CT molecular complexity index is 982. The zero-order valence-electron chi connectivity index (χ0n) is 19.0. The summed E-state index contributed by atoms with van der Waals surface area (Å²) in [5.41, 5.74) is 2.43. The van der Waals surface area contributed by atoms with E-state index in [-0.39, 0.29) is 30.4 Å². The van der Waals surface area contributed by atoms with Gasteiger partial charge in [0.15, 0.2) is 6.61 Å². The molecule has 0 unspecified atom stereocenters. The lowest BCUT2D eigenvalue weighted by molar-refractivity contribution is -0.146. The third kappa shape index (κ3) is 6.13. The number of carbonyl (C=O) groups is 3. The van der Waals surface area contributed by atoms with Gasteiger partial charge in [0.25, 0.3) is 11.8 Å². The Labute approximate surface area is 193 Å². The quantitative estimate of drug-likeness (QED) is 0.686. The van der Waals surface area contributed by atoms with Crippen molar-refractivity contribution in [3.8, 4) is 0 Å². The molecule has 32 heavy (non-hydrogen) atoms. The van der Waals surface area contributed by atoms with Crippen LogP contribution in [0.3, 0.4) is 0 Å². The first-order valence-corrected chi connectivity index (χ1v) is 11.6. The predicted octanol–water partition coefficient (Wildman–Crippen LogP) is 4.17. The van der Waals surface area contributed by atoms with Crippen LogP contribution in [0.15, 0.2) is 53.4 Å². The molecule has 3 rings (SSSR count). The number of para-hydroxylation sites is 1. The second kappa shape index (κ2) is 10.2. The molecule has 0 bridgehead atoms. The fraction of sp³-hybridized carbons (Fsp3) is 0.400. The van der Waals surface area contributed by atoms with E-state index in [1.165, 1.54) is 0 Å². The number of anilines is 1. The summed E-state index contributed by atoms with van der Waals surface area (Å²) in [6.07, 6.45) is 0.850. The second-order valence-corrected chi connectivity index (χ2v) is 10.4. The Morgan fingerprint density at radius 2 is 1.78 bits per heavy atom. The maximum absolute atomic E-state index is 12.7. The van der Waals surface area contributed by atoms with Crippen molar-refractivity contribution < 1.29 is 19.1 Å². The highest BCUT2D eigenvalue weighted by Crippen LogP contribution is 2.37. The van der Waals surface area contributed by atoms with Gasteiger partial charge in [-0.3, -0.25) is 14.4 Å². The number of thioether (sulfide) groups is 1. The predicted molar refractivity (Wildman–Crippen MR) is 127 cm³/mol. The number of nitrogens with zero attached hydrogens (tertiary/aromatic N) is 1. The molecule has 1 aliphatic rings. The average molecular weight is 455 g/mol. The summed E-state index contributed by atoms with van der Waals surface area (Å²) in [5.74, 6) is -1.28. The Morgan fingerprint density at radius 3 is 2.47 bits per heavy atom. The van der Waals surface area contributed by atoms with Crippen LogP contribution in [-0.4, -0.2) is 42.7 Å². The first kappa shape index (κ1) is 23.9. The van der Waals surface area contributed by atoms with Crippen molar-refractivity contribution in [2.45, 2.75) is 49.7 Å². The normalized spacial score (nSPS) is 16.0. The standard InChI is InChI=1S/C25H30N2O4S/c1-17-13-14-27(20-7-5-6-8-21(20)32-17)22(28)16-31-23(29)15-26-24(30)18-9-11-19(12-10-18)25(2,3)4/h5-12,17H,13-16H2,1-4H3,(H,26,30)/t17-/m1/s1. The van der Waals surface area contributed by atoms with Gasteiger partial charge in [-0.2, -0.15) is 0 Å². The molecule has 1 heterocycles. The molecule has 1 atom stereocenters. The molecule has 170 valence electrons. The van der Waals surface area contributed by atoms with Gasteiger partial charge in [0, 0.05) is 22.3 Å². The van der Waals surface area contributed by atoms with Gasteiger partial charge in [-0.25, -0.2) is 0 Å². The number of esters is 1. The van der Waals surface area contributed by atoms with Crippen molar-refractivity contribution in [2.24, 2.45) is 0 Å². The Hall–Kier alpha value is -2.80. The summed E-state index contributed by atoms with van der Waals surface area (Å²) in [6.45, 7) is 8.35. The maximum Gasteiger partial charge on any atom is 0.325 e. The van der Waals surface area contributed by atoms with Gasteiger partial charge < -0.3 is 15.0 Å². The van der Waals surface area contributed by atoms with E-state index in [2.05, 4.69) is 33.0 Å². The number of hydrogen-bond acceptors (Lipinski definition) is 5. The minimum atomic E-state index is -0.649. The second-order valence-electron chi connectivity index (χ2n) is 8.90. The van der Waals surface area contributed by atoms with Crippen LogP contribution in [0, 0.1) is 0 Å². The van der Waals surface area contributed by atoms with Crippen LogP contribution in [0.25, 0.3) is 0 Å². The van der Waals surface area contributed by atoms with E-state index < -0.39 is 5.97 Å². The number of carbonyl (C=O) groups excluding carboxylic acids is 3. The van der Waals surface area contributed by atoms with Gasteiger partial charge in [-0.05, 0) is 41.7 Å². The Kier molecular flexibility index (Phi) is 7.61. The summed E-state index contributed by atoms with van der Waals surface area (Å²) in [5, 5.41) is 2.94. The van der Waals surface area contributed by atoms with Crippen LogP contribution in [-0.2, 0) is 19.7 Å². The highest BCUT2D eigenvalue weighted by Gasteiger charge is 2.25. The summed E-state index contributed by atoms with van der Waals surface area (Å²) in [7, 11) is 0. The Morgan fingerprint density at radius 1 is 1.09 bits per heavy atom. The zero-order chi connectivity index (χ0) is 23.3. The molecule has 1 N–H and O–H groups in total. The Balaban J connectivity index is 1.51.